The second-order valence-corrected chi connectivity index (χ2v) is 18.9. The van der Waals surface area contributed by atoms with Crippen molar-refractivity contribution in [3.63, 3.8) is 0 Å². The van der Waals surface area contributed by atoms with E-state index in [0.29, 0.717) is 108 Å². The first-order valence-electron chi connectivity index (χ1n) is 23.8. The molecule has 0 aromatic carbocycles. The summed E-state index contributed by atoms with van der Waals surface area (Å²) in [4.78, 5) is 51.9. The molecule has 4 fully saturated rings. The lowest BCUT2D eigenvalue weighted by Gasteiger charge is -2.65. The summed E-state index contributed by atoms with van der Waals surface area (Å²) in [7, 11) is 0. The van der Waals surface area contributed by atoms with Gasteiger partial charge in [-0.3, -0.25) is 9.59 Å². The molecule has 2 aromatic rings. The highest BCUT2D eigenvalue weighted by Crippen LogP contribution is 2.70. The second-order valence-electron chi connectivity index (χ2n) is 18.9. The molecule has 3 heterocycles. The third kappa shape index (κ3) is 11.6. The van der Waals surface area contributed by atoms with E-state index in [9.17, 15) is 24.6 Å². The van der Waals surface area contributed by atoms with Crippen LogP contribution in [0.3, 0.4) is 0 Å². The van der Waals surface area contributed by atoms with Crippen LogP contribution in [0, 0.1) is 34.5 Å². The van der Waals surface area contributed by atoms with Crippen molar-refractivity contribution in [2.45, 2.75) is 109 Å². The summed E-state index contributed by atoms with van der Waals surface area (Å²) in [6, 6.07) is 0. The van der Waals surface area contributed by atoms with Crippen LogP contribution in [0.15, 0.2) is 18.0 Å². The molecule has 2 aromatic heterocycles. The normalized spacial score (nSPS) is 30.6. The summed E-state index contributed by atoms with van der Waals surface area (Å²) in [6.07, 6.45) is 11.8. The number of nitrogen functional groups attached to an aromatic ring is 1. The van der Waals surface area contributed by atoms with E-state index in [1.54, 1.807) is 6.08 Å². The topological polar surface area (TPSA) is 261 Å². The third-order valence-corrected chi connectivity index (χ3v) is 15.3. The number of cyclic esters (lactones) is 1. The van der Waals surface area contributed by atoms with Crippen molar-refractivity contribution in [2.24, 2.45) is 34.5 Å². The lowest BCUT2D eigenvalue weighted by atomic mass is 9.42. The molecule has 7 N–H and O–H groups in total. The van der Waals surface area contributed by atoms with Gasteiger partial charge < -0.3 is 64.7 Å². The van der Waals surface area contributed by atoms with Gasteiger partial charge in [0.15, 0.2) is 5.65 Å². The van der Waals surface area contributed by atoms with Gasteiger partial charge in [0, 0.05) is 31.0 Å². The van der Waals surface area contributed by atoms with Crippen molar-refractivity contribution in [1.82, 2.24) is 30.6 Å². The highest BCUT2D eigenvalue weighted by Gasteiger charge is 2.70. The Labute approximate surface area is 381 Å². The van der Waals surface area contributed by atoms with Crippen LogP contribution in [0.4, 0.5) is 5.95 Å². The first-order valence-corrected chi connectivity index (χ1v) is 23.8. The van der Waals surface area contributed by atoms with Crippen LogP contribution in [-0.2, 0) is 42.8 Å². The number of hydrogen-bond acceptors (Lipinski definition) is 16. The Bertz CT molecular complexity index is 1940. The lowest BCUT2D eigenvalue weighted by Crippen LogP contribution is -2.67. The zero-order valence-corrected chi connectivity index (χ0v) is 38.2. The van der Waals surface area contributed by atoms with Gasteiger partial charge in [0.1, 0.15) is 25.3 Å². The van der Waals surface area contributed by atoms with Crippen LogP contribution in [0.5, 0.6) is 5.88 Å². The Balaban J connectivity index is 0.646. The molecule has 0 spiro atoms. The van der Waals surface area contributed by atoms with Gasteiger partial charge in [-0.1, -0.05) is 20.3 Å². The molecule has 19 nitrogen and oxygen atoms in total. The van der Waals surface area contributed by atoms with Crippen LogP contribution in [0.2, 0.25) is 0 Å². The summed E-state index contributed by atoms with van der Waals surface area (Å²) >= 11 is 0. The van der Waals surface area contributed by atoms with Gasteiger partial charge in [-0.05, 0) is 98.9 Å². The number of H-pyrrole nitrogens is 1. The Morgan fingerprint density at radius 2 is 1.58 bits per heavy atom. The number of rotatable bonds is 26. The summed E-state index contributed by atoms with van der Waals surface area (Å²) in [6.45, 7) is 9.23. The Morgan fingerprint density at radius 3 is 2.32 bits per heavy atom. The van der Waals surface area contributed by atoms with Gasteiger partial charge in [-0.25, -0.2) is 9.78 Å². The van der Waals surface area contributed by atoms with E-state index in [0.717, 1.165) is 63.4 Å². The van der Waals surface area contributed by atoms with Crippen LogP contribution in [-0.4, -0.2) is 152 Å². The molecule has 0 radical (unpaired) electrons. The van der Waals surface area contributed by atoms with Crippen LogP contribution >= 0.6 is 0 Å². The maximum Gasteiger partial charge on any atom is 0.331 e. The highest BCUT2D eigenvalue weighted by molar-refractivity contribution is 5.85. The Kier molecular flexibility index (Phi) is 17.1. The number of ether oxygens (including phenoxy) is 7. The second kappa shape index (κ2) is 22.7. The third-order valence-electron chi connectivity index (χ3n) is 15.3. The summed E-state index contributed by atoms with van der Waals surface area (Å²) < 4.78 is 39.1. The number of aromatic nitrogens is 4. The predicted octanol–water partition coefficient (Wildman–Crippen LogP) is 2.79. The van der Waals surface area contributed by atoms with Crippen molar-refractivity contribution in [3.05, 3.63) is 18.0 Å². The number of amides is 2. The van der Waals surface area contributed by atoms with E-state index in [4.69, 9.17) is 38.9 Å². The highest BCUT2D eigenvalue weighted by atomic mass is 16.6. The number of aliphatic hydroxyl groups is 2. The Hall–Kier alpha value is -3.98. The molecule has 1 aliphatic heterocycles. The molecule has 362 valence electrons. The van der Waals surface area contributed by atoms with Crippen molar-refractivity contribution in [1.29, 1.82) is 0 Å². The molecule has 4 saturated carbocycles. The number of carbonyl (C=O) groups excluding carboxylic acids is 3. The number of hydrogen-bond donors (Lipinski definition) is 6. The largest absolute Gasteiger partial charge is 0.474 e. The van der Waals surface area contributed by atoms with E-state index in [1.807, 2.05) is 6.92 Å². The van der Waals surface area contributed by atoms with Gasteiger partial charge in [-0.15, -0.1) is 0 Å². The molecule has 2 amide bonds. The minimum atomic E-state index is -0.992. The fourth-order valence-electron chi connectivity index (χ4n) is 11.8. The van der Waals surface area contributed by atoms with E-state index < -0.39 is 17.1 Å². The smallest absolute Gasteiger partial charge is 0.331 e. The van der Waals surface area contributed by atoms with Crippen molar-refractivity contribution in [3.8, 4) is 5.88 Å². The van der Waals surface area contributed by atoms with E-state index >= 15 is 0 Å². The number of nitrogens with zero attached hydrogens (tertiary/aromatic N) is 3. The lowest BCUT2D eigenvalue weighted by molar-refractivity contribution is -0.245. The zero-order chi connectivity index (χ0) is 45.9. The quantitative estimate of drug-likeness (QED) is 0.0586. The summed E-state index contributed by atoms with van der Waals surface area (Å²) in [5.74, 6) is 0.584. The van der Waals surface area contributed by atoms with Gasteiger partial charge in [-0.2, -0.15) is 9.97 Å². The molecule has 0 unspecified atom stereocenters. The predicted molar refractivity (Wildman–Crippen MR) is 236 cm³/mol. The molecule has 5 aliphatic rings. The minimum Gasteiger partial charge on any atom is -0.474 e. The fraction of sp³-hybridized carbons (Fsp3) is 0.783. The molecule has 0 saturated heterocycles. The molecular formula is C46H71N7O12. The van der Waals surface area contributed by atoms with Gasteiger partial charge in [0.25, 0.3) is 0 Å². The molecule has 4 aliphatic carbocycles. The standard InChI is InChI=1S/C46H71N7O12/c1-44-11-9-32(25-31(44)7-8-34-35(44)26-36(54)45(2)33(10-12-46(34,45)58)30-24-39(57)65-27-30)64-28-38(56)48-13-5-3-4-6-37(55)49-14-15-59-16-17-60-18-19-61-20-21-62-22-23-63-42-40-41(51-29-50-40)52-43(47)53-42/h24,29,31-36,54,58H,3-23,25-28H2,1-2H3,(H,48,56)(H,49,55)(H3,47,50,51,52,53)/t31-,32+,33-,34-,35-,36-,44+,45+,46+/m1/s1. The monoisotopic (exact) mass is 914 g/mol. The average molecular weight is 914 g/mol. The molecule has 9 atom stereocenters. The number of esters is 1. The number of anilines is 1. The molecule has 65 heavy (non-hydrogen) atoms. The number of aliphatic hydroxyl groups excluding tert-OH is 1. The maximum atomic E-state index is 12.7. The number of carbonyl (C=O) groups is 3. The average Bonchev–Trinajstić information content (AvgIpc) is 4.01. The minimum absolute atomic E-state index is 0.00770. The number of unbranched alkanes of at least 4 members (excludes halogenated alkanes) is 2. The molecule has 7 rings (SSSR count). The molecule has 19 heteroatoms. The number of aromatic amines is 1. The van der Waals surface area contributed by atoms with Crippen LogP contribution in [0.25, 0.3) is 11.2 Å². The first kappa shape index (κ1) is 48.9. The van der Waals surface area contributed by atoms with E-state index in [-0.39, 0.29) is 72.8 Å². The Morgan fingerprint density at radius 1 is 0.862 bits per heavy atom. The summed E-state index contributed by atoms with van der Waals surface area (Å²) in [5, 5.41) is 30.1. The van der Waals surface area contributed by atoms with E-state index in [1.165, 1.54) is 6.33 Å². The number of imidazole rings is 1. The van der Waals surface area contributed by atoms with Gasteiger partial charge >= 0.3 is 5.97 Å². The number of nitrogens with one attached hydrogen (secondary N) is 3. The SMILES string of the molecule is C[C@]12CC[C@H](OCC(=O)NCCCCCC(=O)NCCOCCOCCOCCOCCOc3nc(N)nc4nc[nH]c34)C[C@H]1CC[C@@H]1[C@H]2C[C@@H](O)[C@]2(C)[C@@H](C3=CC(=O)OC3)CC[C@]12O. The van der Waals surface area contributed by atoms with Crippen molar-refractivity contribution < 1.29 is 57.8 Å². The first-order chi connectivity index (χ1) is 31.4. The summed E-state index contributed by atoms with van der Waals surface area (Å²) in [5.41, 5.74) is 5.89. The number of nitrogens with two attached hydrogens (primary N) is 1. The van der Waals surface area contributed by atoms with Gasteiger partial charge in [0.2, 0.25) is 23.6 Å². The van der Waals surface area contributed by atoms with Crippen LogP contribution in [0.1, 0.15) is 90.9 Å². The number of fused-ring (bicyclic) bond motifs is 6. The van der Waals surface area contributed by atoms with Crippen molar-refractivity contribution >= 4 is 34.9 Å². The maximum absolute atomic E-state index is 12.7. The van der Waals surface area contributed by atoms with E-state index in [2.05, 4.69) is 37.5 Å². The van der Waals surface area contributed by atoms with Crippen LogP contribution < -0.4 is 21.1 Å². The molecular weight excluding hydrogens is 843 g/mol. The molecule has 0 bridgehead atoms. The zero-order valence-electron chi connectivity index (χ0n) is 38.2. The van der Waals surface area contributed by atoms with Gasteiger partial charge in [0.05, 0.1) is 77.0 Å². The van der Waals surface area contributed by atoms with Crippen molar-refractivity contribution in [2.75, 3.05) is 91.5 Å². The fourth-order valence-corrected chi connectivity index (χ4v) is 11.8.